The van der Waals surface area contributed by atoms with Gasteiger partial charge in [-0.05, 0) is 43.1 Å². The van der Waals surface area contributed by atoms with Gasteiger partial charge in [-0.2, -0.15) is 10.5 Å². The molecule has 0 spiro atoms. The fraction of sp³-hybridized carbons (Fsp3) is 0.423. The number of nitrogens with zero attached hydrogens (tertiary/aromatic N) is 5. The van der Waals surface area contributed by atoms with Gasteiger partial charge in [0, 0.05) is 31.9 Å². The zero-order valence-corrected chi connectivity index (χ0v) is 21.9. The van der Waals surface area contributed by atoms with Gasteiger partial charge in [0.2, 0.25) is 5.91 Å². The molecule has 1 aromatic heterocycles. The molecule has 0 radical (unpaired) electrons. The Labute approximate surface area is 221 Å². The lowest BCUT2D eigenvalue weighted by atomic mass is 10.0. The minimum absolute atomic E-state index is 0.289. The molecular formula is C26H31N7O3S. The van der Waals surface area contributed by atoms with Gasteiger partial charge in [0.05, 0.1) is 17.7 Å². The number of carboxylic acid groups (broad SMARTS) is 1. The van der Waals surface area contributed by atoms with Crippen LogP contribution in [-0.4, -0.2) is 66.8 Å². The number of carbonyl (C=O) groups is 2. The third-order valence-electron chi connectivity index (χ3n) is 6.13. The van der Waals surface area contributed by atoms with Crippen molar-refractivity contribution in [2.45, 2.75) is 37.1 Å². The van der Waals surface area contributed by atoms with E-state index in [1.54, 1.807) is 0 Å². The van der Waals surface area contributed by atoms with Crippen LogP contribution in [0.25, 0.3) is 0 Å². The maximum atomic E-state index is 11.7. The Morgan fingerprint density at radius 2 is 1.76 bits per heavy atom. The number of rotatable bonds is 9. The van der Waals surface area contributed by atoms with Crippen molar-refractivity contribution in [2.75, 3.05) is 44.7 Å². The lowest BCUT2D eigenvalue weighted by Gasteiger charge is -2.25. The summed E-state index contributed by atoms with van der Waals surface area (Å²) in [5, 5.41) is 33.8. The fourth-order valence-corrected chi connectivity index (χ4v) is 5.06. The van der Waals surface area contributed by atoms with Gasteiger partial charge in [-0.1, -0.05) is 31.2 Å². The van der Waals surface area contributed by atoms with Gasteiger partial charge in [0.15, 0.2) is 0 Å². The summed E-state index contributed by atoms with van der Waals surface area (Å²) < 4.78 is 0. The Bertz CT molecular complexity index is 1200. The van der Waals surface area contributed by atoms with Gasteiger partial charge in [0.25, 0.3) is 0 Å². The minimum atomic E-state index is -1.24. The van der Waals surface area contributed by atoms with Crippen LogP contribution < -0.4 is 15.5 Å². The van der Waals surface area contributed by atoms with E-state index in [9.17, 15) is 20.1 Å². The van der Waals surface area contributed by atoms with E-state index in [1.807, 2.05) is 36.5 Å². The second-order valence-electron chi connectivity index (χ2n) is 8.73. The summed E-state index contributed by atoms with van der Waals surface area (Å²) in [5.41, 5.74) is 3.62. The third kappa shape index (κ3) is 7.59. The number of carbonyl (C=O) groups excluding carboxylic acids is 1. The predicted molar refractivity (Wildman–Crippen MR) is 141 cm³/mol. The number of likely N-dealkylation sites (N-methyl/N-ethyl adjacent to an activating group) is 1. The first-order valence-corrected chi connectivity index (χ1v) is 13.1. The lowest BCUT2D eigenvalue weighted by Crippen LogP contribution is -2.35. The summed E-state index contributed by atoms with van der Waals surface area (Å²) in [7, 11) is 2.09. The van der Waals surface area contributed by atoms with Crippen molar-refractivity contribution in [2.24, 2.45) is 0 Å². The summed E-state index contributed by atoms with van der Waals surface area (Å²) in [4.78, 5) is 31.5. The molecule has 0 unspecified atom stereocenters. The van der Waals surface area contributed by atoms with E-state index >= 15 is 0 Å². The average molecular weight is 522 g/mol. The van der Waals surface area contributed by atoms with Crippen molar-refractivity contribution >= 4 is 29.6 Å². The molecule has 1 saturated heterocycles. The highest BCUT2D eigenvalue weighted by atomic mass is 32.2. The zero-order chi connectivity index (χ0) is 26.8. The molecule has 11 heteroatoms. The summed E-state index contributed by atoms with van der Waals surface area (Å²) in [5.74, 6) is 0.852. The van der Waals surface area contributed by atoms with E-state index < -0.39 is 12.0 Å². The van der Waals surface area contributed by atoms with Crippen molar-refractivity contribution in [3.05, 3.63) is 52.1 Å². The maximum Gasteiger partial charge on any atom is 0.405 e. The second-order valence-corrected chi connectivity index (χ2v) is 9.69. The molecule has 0 aliphatic carbocycles. The summed E-state index contributed by atoms with van der Waals surface area (Å²) in [6.45, 7) is 5.43. The number of pyridine rings is 1. The Kier molecular flexibility index (Phi) is 10.1. The molecule has 2 amide bonds. The quantitative estimate of drug-likeness (QED) is 0.424. The molecule has 1 aromatic carbocycles. The van der Waals surface area contributed by atoms with Crippen LogP contribution in [0.4, 0.5) is 10.6 Å². The van der Waals surface area contributed by atoms with E-state index in [2.05, 4.69) is 34.3 Å². The third-order valence-corrected chi connectivity index (χ3v) is 7.18. The van der Waals surface area contributed by atoms with Crippen LogP contribution in [0.15, 0.2) is 29.3 Å². The van der Waals surface area contributed by atoms with Crippen molar-refractivity contribution in [1.82, 2.24) is 20.5 Å². The SMILES string of the molecule is CCc1c(C#N)c(SCc2ccc(CNC(=O)CNC(=O)O)cc2)nc(N2CCCN(C)CC2)c1C#N. The van der Waals surface area contributed by atoms with Crippen molar-refractivity contribution < 1.29 is 14.7 Å². The number of hydrogen-bond donors (Lipinski definition) is 3. The number of benzene rings is 1. The van der Waals surface area contributed by atoms with Crippen LogP contribution in [0.5, 0.6) is 0 Å². The molecule has 3 N–H and O–H groups in total. The molecule has 1 fully saturated rings. The smallest absolute Gasteiger partial charge is 0.405 e. The van der Waals surface area contributed by atoms with E-state index in [4.69, 9.17) is 10.1 Å². The largest absolute Gasteiger partial charge is 0.465 e. The topological polar surface area (TPSA) is 145 Å². The van der Waals surface area contributed by atoms with Gasteiger partial charge in [-0.3, -0.25) is 4.79 Å². The van der Waals surface area contributed by atoms with E-state index in [-0.39, 0.29) is 13.1 Å². The molecule has 1 aliphatic rings. The highest BCUT2D eigenvalue weighted by molar-refractivity contribution is 7.98. The van der Waals surface area contributed by atoms with E-state index in [1.165, 1.54) is 11.8 Å². The maximum absolute atomic E-state index is 11.7. The normalized spacial score (nSPS) is 13.8. The van der Waals surface area contributed by atoms with Gasteiger partial charge < -0.3 is 25.5 Å². The minimum Gasteiger partial charge on any atom is -0.465 e. The van der Waals surface area contributed by atoms with Crippen molar-refractivity contribution in [3.63, 3.8) is 0 Å². The Morgan fingerprint density at radius 3 is 2.41 bits per heavy atom. The van der Waals surface area contributed by atoms with E-state index in [0.29, 0.717) is 34.1 Å². The van der Waals surface area contributed by atoms with Crippen molar-refractivity contribution in [3.8, 4) is 12.1 Å². The number of hydrogen-bond acceptors (Lipinski definition) is 8. The molecule has 0 saturated carbocycles. The molecule has 37 heavy (non-hydrogen) atoms. The van der Waals surface area contributed by atoms with Crippen LogP contribution >= 0.6 is 11.8 Å². The molecule has 1 aliphatic heterocycles. The number of amides is 2. The first-order chi connectivity index (χ1) is 17.9. The number of aromatic nitrogens is 1. The summed E-state index contributed by atoms with van der Waals surface area (Å²) >= 11 is 1.48. The Hall–Kier alpha value is -3.80. The standard InChI is InChI=1S/C26H31N7O3S/c1-3-20-21(13-27)24(33-10-4-9-32(2)11-12-33)31-25(22(20)14-28)37-17-19-7-5-18(6-8-19)15-29-23(34)16-30-26(35)36/h5-8,30H,3-4,9-12,15-17H2,1-2H3,(H,29,34)(H,35,36). The molecule has 0 bridgehead atoms. The van der Waals surface area contributed by atoms with E-state index in [0.717, 1.165) is 49.3 Å². The lowest BCUT2D eigenvalue weighted by molar-refractivity contribution is -0.120. The first-order valence-electron chi connectivity index (χ1n) is 12.1. The molecular weight excluding hydrogens is 490 g/mol. The molecule has 0 atom stereocenters. The Morgan fingerprint density at radius 1 is 1.05 bits per heavy atom. The summed E-state index contributed by atoms with van der Waals surface area (Å²) in [6.07, 6.45) is 0.312. The number of nitrogens with one attached hydrogen (secondary N) is 2. The average Bonchev–Trinajstić information content (AvgIpc) is 3.13. The Balaban J connectivity index is 1.74. The molecule has 194 valence electrons. The molecule has 10 nitrogen and oxygen atoms in total. The van der Waals surface area contributed by atoms with Crippen LogP contribution in [0, 0.1) is 22.7 Å². The van der Waals surface area contributed by atoms with Crippen LogP contribution in [0.3, 0.4) is 0 Å². The molecule has 2 heterocycles. The van der Waals surface area contributed by atoms with Crippen LogP contribution in [0.1, 0.15) is 41.2 Å². The van der Waals surface area contributed by atoms with Crippen LogP contribution in [0.2, 0.25) is 0 Å². The summed E-state index contributed by atoms with van der Waals surface area (Å²) in [6, 6.07) is 12.3. The predicted octanol–water partition coefficient (Wildman–Crippen LogP) is 2.71. The zero-order valence-electron chi connectivity index (χ0n) is 21.1. The monoisotopic (exact) mass is 521 g/mol. The number of thioether (sulfide) groups is 1. The van der Waals surface area contributed by atoms with Crippen molar-refractivity contribution in [1.29, 1.82) is 10.5 Å². The van der Waals surface area contributed by atoms with Gasteiger partial charge >= 0.3 is 6.09 Å². The highest BCUT2D eigenvalue weighted by Crippen LogP contribution is 2.33. The fourth-order valence-electron chi connectivity index (χ4n) is 4.10. The molecule has 2 aromatic rings. The molecule has 3 rings (SSSR count). The van der Waals surface area contributed by atoms with Gasteiger partial charge in [-0.15, -0.1) is 11.8 Å². The van der Waals surface area contributed by atoms with Gasteiger partial charge in [-0.25, -0.2) is 9.78 Å². The second kappa shape index (κ2) is 13.5. The first kappa shape index (κ1) is 27.8. The highest BCUT2D eigenvalue weighted by Gasteiger charge is 2.24. The van der Waals surface area contributed by atoms with Gasteiger partial charge in [0.1, 0.15) is 23.0 Å². The van der Waals surface area contributed by atoms with Crippen LogP contribution in [-0.2, 0) is 23.5 Å². The number of anilines is 1. The number of nitriles is 2.